The monoisotopic (exact) mass is 260 g/mol. The topological polar surface area (TPSA) is 63.8 Å². The highest BCUT2D eigenvalue weighted by Crippen LogP contribution is 2.19. The van der Waals surface area contributed by atoms with Gasteiger partial charge in [0.15, 0.2) is 0 Å². The van der Waals surface area contributed by atoms with Gasteiger partial charge < -0.3 is 9.84 Å². The van der Waals surface area contributed by atoms with E-state index in [4.69, 9.17) is 4.74 Å². The molecule has 0 amide bonds. The van der Waals surface area contributed by atoms with Crippen LogP contribution in [0.4, 0.5) is 0 Å². The minimum absolute atomic E-state index is 0.154. The summed E-state index contributed by atoms with van der Waals surface area (Å²) in [7, 11) is 0. The number of carbonyl (C=O) groups is 1. The second kappa shape index (κ2) is 5.01. The molecule has 0 aromatic carbocycles. The zero-order chi connectivity index (χ0) is 13.2. The molecule has 19 heavy (non-hydrogen) atoms. The molecule has 1 N–H and O–H groups in total. The maximum Gasteiger partial charge on any atom is 0.352 e. The van der Waals surface area contributed by atoms with E-state index in [0.717, 1.165) is 30.8 Å². The zero-order valence-electron chi connectivity index (χ0n) is 10.6. The van der Waals surface area contributed by atoms with Crippen LogP contribution in [0.2, 0.25) is 0 Å². The summed E-state index contributed by atoms with van der Waals surface area (Å²) in [4.78, 5) is 15.6. The molecular formula is C14H16N2O3. The number of imidazole rings is 1. The Morgan fingerprint density at radius 2 is 2.37 bits per heavy atom. The van der Waals surface area contributed by atoms with Gasteiger partial charge in [0.25, 0.3) is 0 Å². The van der Waals surface area contributed by atoms with E-state index in [9.17, 15) is 9.90 Å². The summed E-state index contributed by atoms with van der Waals surface area (Å²) >= 11 is 0. The molecule has 100 valence electrons. The molecule has 3 rings (SSSR count). The van der Waals surface area contributed by atoms with Crippen LogP contribution >= 0.6 is 0 Å². The van der Waals surface area contributed by atoms with E-state index in [-0.39, 0.29) is 11.8 Å². The molecule has 1 atom stereocenters. The van der Waals surface area contributed by atoms with Crippen molar-refractivity contribution in [2.75, 3.05) is 6.61 Å². The number of hydrogen-bond donors (Lipinski definition) is 1. The van der Waals surface area contributed by atoms with E-state index in [1.54, 1.807) is 22.7 Å². The van der Waals surface area contributed by atoms with Gasteiger partial charge in [-0.15, -0.1) is 0 Å². The largest absolute Gasteiger partial charge is 0.477 e. The van der Waals surface area contributed by atoms with Gasteiger partial charge in [0.1, 0.15) is 11.5 Å². The number of carboxylic acid groups (broad SMARTS) is 1. The second-order valence-corrected chi connectivity index (χ2v) is 4.84. The summed E-state index contributed by atoms with van der Waals surface area (Å²) in [6, 6.07) is 5.20. The lowest BCUT2D eigenvalue weighted by molar-refractivity contribution is 0.0155. The molecule has 1 saturated heterocycles. The van der Waals surface area contributed by atoms with Crippen molar-refractivity contribution in [1.29, 1.82) is 0 Å². The molecule has 5 nitrogen and oxygen atoms in total. The van der Waals surface area contributed by atoms with Gasteiger partial charge in [-0.05, 0) is 31.4 Å². The van der Waals surface area contributed by atoms with Gasteiger partial charge in [0.2, 0.25) is 0 Å². The standard InChI is InChI=1S/C14H16N2O3/c17-14(18)12-6-3-4-10-9-15-13(16(10)12)8-11-5-1-2-7-19-11/h3-4,6,9,11H,1-2,5,7-8H2,(H,17,18). The minimum atomic E-state index is -0.936. The predicted molar refractivity (Wildman–Crippen MR) is 69.4 cm³/mol. The first-order chi connectivity index (χ1) is 9.25. The number of carboxylic acids is 1. The molecule has 5 heteroatoms. The fourth-order valence-corrected chi connectivity index (χ4v) is 2.60. The highest BCUT2D eigenvalue weighted by atomic mass is 16.5. The maximum atomic E-state index is 11.3. The lowest BCUT2D eigenvalue weighted by Crippen LogP contribution is -2.23. The SMILES string of the molecule is O=C(O)c1cccc2cnc(CC3CCCCO3)n12. The fourth-order valence-electron chi connectivity index (χ4n) is 2.60. The van der Waals surface area contributed by atoms with E-state index in [2.05, 4.69) is 4.98 Å². The van der Waals surface area contributed by atoms with Crippen LogP contribution in [0.3, 0.4) is 0 Å². The summed E-state index contributed by atoms with van der Waals surface area (Å²) in [5.74, 6) is -0.172. The number of aromatic nitrogens is 2. The molecule has 0 spiro atoms. The van der Waals surface area contributed by atoms with Crippen molar-refractivity contribution < 1.29 is 14.6 Å². The van der Waals surface area contributed by atoms with Crippen LogP contribution in [0.5, 0.6) is 0 Å². The van der Waals surface area contributed by atoms with Crippen molar-refractivity contribution in [2.45, 2.75) is 31.8 Å². The molecule has 1 aliphatic heterocycles. The van der Waals surface area contributed by atoms with Crippen LogP contribution < -0.4 is 0 Å². The summed E-state index contributed by atoms with van der Waals surface area (Å²) in [6.45, 7) is 0.791. The van der Waals surface area contributed by atoms with Crippen LogP contribution in [0.25, 0.3) is 5.52 Å². The molecule has 0 saturated carbocycles. The Morgan fingerprint density at radius 1 is 1.47 bits per heavy atom. The zero-order valence-corrected chi connectivity index (χ0v) is 10.6. The van der Waals surface area contributed by atoms with Crippen molar-refractivity contribution in [3.63, 3.8) is 0 Å². The van der Waals surface area contributed by atoms with Gasteiger partial charge >= 0.3 is 5.97 Å². The molecule has 2 aromatic heterocycles. The number of ether oxygens (including phenoxy) is 1. The maximum absolute atomic E-state index is 11.3. The normalized spacial score (nSPS) is 19.7. The van der Waals surface area contributed by atoms with Crippen LogP contribution in [-0.4, -0.2) is 33.2 Å². The van der Waals surface area contributed by atoms with E-state index < -0.39 is 5.97 Å². The van der Waals surface area contributed by atoms with E-state index in [1.165, 1.54) is 6.42 Å². The highest BCUT2D eigenvalue weighted by Gasteiger charge is 2.19. The van der Waals surface area contributed by atoms with Gasteiger partial charge in [-0.1, -0.05) is 6.07 Å². The number of aromatic carboxylic acids is 1. The Hall–Kier alpha value is -1.88. The number of rotatable bonds is 3. The fraction of sp³-hybridized carbons (Fsp3) is 0.429. The molecule has 1 aliphatic rings. The Balaban J connectivity index is 1.96. The second-order valence-electron chi connectivity index (χ2n) is 4.84. The molecule has 1 unspecified atom stereocenters. The van der Waals surface area contributed by atoms with Crippen molar-refractivity contribution >= 4 is 11.5 Å². The molecule has 1 fully saturated rings. The lowest BCUT2D eigenvalue weighted by Gasteiger charge is -2.22. The van der Waals surface area contributed by atoms with Gasteiger partial charge in [-0.3, -0.25) is 4.40 Å². The van der Waals surface area contributed by atoms with Crippen molar-refractivity contribution in [3.05, 3.63) is 35.9 Å². The third kappa shape index (κ3) is 2.33. The number of hydrogen-bond acceptors (Lipinski definition) is 3. The van der Waals surface area contributed by atoms with E-state index in [0.29, 0.717) is 6.42 Å². The summed E-state index contributed by atoms with van der Waals surface area (Å²) in [6.07, 6.45) is 5.83. The molecule has 0 radical (unpaired) electrons. The van der Waals surface area contributed by atoms with Crippen LogP contribution in [0.1, 0.15) is 35.6 Å². The van der Waals surface area contributed by atoms with Crippen molar-refractivity contribution in [1.82, 2.24) is 9.38 Å². The van der Waals surface area contributed by atoms with Crippen molar-refractivity contribution in [3.8, 4) is 0 Å². The van der Waals surface area contributed by atoms with Crippen LogP contribution in [0, 0.1) is 0 Å². The predicted octanol–water partition coefficient (Wildman–Crippen LogP) is 2.14. The average Bonchev–Trinajstić information content (AvgIpc) is 2.83. The Labute approximate surface area is 110 Å². The summed E-state index contributed by atoms with van der Waals surface area (Å²) in [5, 5.41) is 9.25. The Bertz CT molecular complexity index is 600. The Morgan fingerprint density at radius 3 is 3.11 bits per heavy atom. The molecular weight excluding hydrogens is 244 g/mol. The first-order valence-corrected chi connectivity index (χ1v) is 6.56. The van der Waals surface area contributed by atoms with Gasteiger partial charge in [0, 0.05) is 13.0 Å². The minimum Gasteiger partial charge on any atom is -0.477 e. The summed E-state index contributed by atoms with van der Waals surface area (Å²) in [5.41, 5.74) is 1.06. The highest BCUT2D eigenvalue weighted by molar-refractivity contribution is 5.86. The number of nitrogens with zero attached hydrogens (tertiary/aromatic N) is 2. The Kier molecular flexibility index (Phi) is 3.21. The van der Waals surface area contributed by atoms with Gasteiger partial charge in [-0.2, -0.15) is 0 Å². The van der Waals surface area contributed by atoms with Crippen LogP contribution in [-0.2, 0) is 11.2 Å². The number of pyridine rings is 1. The van der Waals surface area contributed by atoms with Gasteiger partial charge in [-0.25, -0.2) is 9.78 Å². The number of fused-ring (bicyclic) bond motifs is 1. The van der Waals surface area contributed by atoms with E-state index in [1.807, 2.05) is 6.07 Å². The third-order valence-electron chi connectivity index (χ3n) is 3.53. The first kappa shape index (κ1) is 12.2. The van der Waals surface area contributed by atoms with Crippen molar-refractivity contribution in [2.24, 2.45) is 0 Å². The van der Waals surface area contributed by atoms with E-state index >= 15 is 0 Å². The quantitative estimate of drug-likeness (QED) is 0.918. The van der Waals surface area contributed by atoms with Crippen LogP contribution in [0.15, 0.2) is 24.4 Å². The molecule has 0 bridgehead atoms. The van der Waals surface area contributed by atoms with Gasteiger partial charge in [0.05, 0.1) is 17.8 Å². The lowest BCUT2D eigenvalue weighted by atomic mass is 10.1. The smallest absolute Gasteiger partial charge is 0.352 e. The third-order valence-corrected chi connectivity index (χ3v) is 3.53. The first-order valence-electron chi connectivity index (χ1n) is 6.56. The molecule has 2 aromatic rings. The molecule has 0 aliphatic carbocycles. The summed E-state index contributed by atoms with van der Waals surface area (Å²) < 4.78 is 7.41. The molecule has 3 heterocycles. The average molecular weight is 260 g/mol.